The lowest BCUT2D eigenvalue weighted by Gasteiger charge is -2.28. The minimum absolute atomic E-state index is 0.573. The fourth-order valence-corrected chi connectivity index (χ4v) is 4.68. The van der Waals surface area contributed by atoms with Gasteiger partial charge in [-0.1, -0.05) is 30.3 Å². The molecule has 184 valence electrons. The van der Waals surface area contributed by atoms with Gasteiger partial charge in [0.15, 0.2) is 0 Å². The first-order chi connectivity index (χ1) is 17.7. The standard InChI is InChI=1S/C29H31N5O2/c35-28(32-36)18-11-23-10-17-27-31-26(16-9-22-7-3-1-4-8-22)29(34(27)21-23)30-24-12-14-25(15-13-24)33-19-5-2-6-20-33/h1,3-4,7-8,10-15,17-18,21,30,36H,2,5-6,9,16,19-20H2,(H,32,35)/b18-11+. The highest BCUT2D eigenvalue weighted by Crippen LogP contribution is 2.27. The SMILES string of the molecule is O=C(/C=C/c1ccc2nc(CCc3ccccc3)c(Nc3ccc(N4CCCCC4)cc3)n2c1)NO. The van der Waals surface area contributed by atoms with Gasteiger partial charge >= 0.3 is 0 Å². The highest BCUT2D eigenvalue weighted by atomic mass is 16.5. The molecule has 1 saturated heterocycles. The summed E-state index contributed by atoms with van der Waals surface area (Å²) < 4.78 is 2.02. The van der Waals surface area contributed by atoms with Gasteiger partial charge in [0.05, 0.1) is 5.69 Å². The van der Waals surface area contributed by atoms with Crippen molar-refractivity contribution in [2.24, 2.45) is 0 Å². The number of imidazole rings is 1. The third-order valence-electron chi connectivity index (χ3n) is 6.60. The summed E-state index contributed by atoms with van der Waals surface area (Å²) >= 11 is 0. The summed E-state index contributed by atoms with van der Waals surface area (Å²) in [6.45, 7) is 2.24. The Kier molecular flexibility index (Phi) is 7.28. The van der Waals surface area contributed by atoms with E-state index in [1.165, 1.54) is 36.6 Å². The Hall–Kier alpha value is -4.10. The van der Waals surface area contributed by atoms with Gasteiger partial charge in [0, 0.05) is 36.7 Å². The van der Waals surface area contributed by atoms with Crippen LogP contribution in [0, 0.1) is 0 Å². The predicted octanol–water partition coefficient (Wildman–Crippen LogP) is 5.37. The van der Waals surface area contributed by atoms with Gasteiger partial charge in [-0.3, -0.25) is 14.4 Å². The molecule has 0 radical (unpaired) electrons. The smallest absolute Gasteiger partial charge is 0.267 e. The number of anilines is 3. The van der Waals surface area contributed by atoms with Gasteiger partial charge in [0.2, 0.25) is 0 Å². The van der Waals surface area contributed by atoms with Crippen molar-refractivity contribution in [3.63, 3.8) is 0 Å². The monoisotopic (exact) mass is 481 g/mol. The number of rotatable bonds is 8. The average Bonchev–Trinajstić information content (AvgIpc) is 3.28. The second-order valence-corrected chi connectivity index (χ2v) is 9.11. The Morgan fingerprint density at radius 2 is 1.72 bits per heavy atom. The maximum absolute atomic E-state index is 11.4. The van der Waals surface area contributed by atoms with Gasteiger partial charge in [-0.2, -0.15) is 0 Å². The van der Waals surface area contributed by atoms with Crippen LogP contribution in [-0.2, 0) is 17.6 Å². The van der Waals surface area contributed by atoms with E-state index in [1.54, 1.807) is 11.6 Å². The molecule has 2 aromatic carbocycles. The summed E-state index contributed by atoms with van der Waals surface area (Å²) in [5, 5.41) is 12.4. The van der Waals surface area contributed by atoms with Gasteiger partial charge in [-0.15, -0.1) is 0 Å². The molecule has 3 heterocycles. The Balaban J connectivity index is 1.44. The summed E-state index contributed by atoms with van der Waals surface area (Å²) in [6.07, 6.45) is 10.4. The number of aromatic nitrogens is 2. The number of hydrogen-bond acceptors (Lipinski definition) is 5. The highest BCUT2D eigenvalue weighted by molar-refractivity contribution is 5.90. The third-order valence-corrected chi connectivity index (χ3v) is 6.60. The summed E-state index contributed by atoms with van der Waals surface area (Å²) in [5.41, 5.74) is 7.78. The largest absolute Gasteiger partial charge is 0.372 e. The normalized spacial score (nSPS) is 13.9. The lowest BCUT2D eigenvalue weighted by Crippen LogP contribution is -2.29. The Morgan fingerprint density at radius 3 is 2.47 bits per heavy atom. The number of carbonyl (C=O) groups excluding carboxylic acids is 1. The lowest BCUT2D eigenvalue weighted by molar-refractivity contribution is -0.124. The van der Waals surface area contributed by atoms with E-state index >= 15 is 0 Å². The minimum atomic E-state index is -0.573. The molecule has 1 aliphatic rings. The van der Waals surface area contributed by atoms with E-state index in [4.69, 9.17) is 10.2 Å². The number of aryl methyl sites for hydroxylation is 2. The number of hydroxylamine groups is 1. The minimum Gasteiger partial charge on any atom is -0.372 e. The summed E-state index contributed by atoms with van der Waals surface area (Å²) in [6, 6.07) is 22.9. The maximum atomic E-state index is 11.4. The van der Waals surface area contributed by atoms with Crippen LogP contribution < -0.4 is 15.7 Å². The molecule has 0 unspecified atom stereocenters. The molecule has 3 N–H and O–H groups in total. The van der Waals surface area contributed by atoms with E-state index in [2.05, 4.69) is 58.7 Å². The summed E-state index contributed by atoms with van der Waals surface area (Å²) in [5.74, 6) is 0.338. The van der Waals surface area contributed by atoms with Crippen molar-refractivity contribution in [1.82, 2.24) is 14.9 Å². The Labute approximate surface area is 211 Å². The number of pyridine rings is 1. The number of nitrogens with zero attached hydrogens (tertiary/aromatic N) is 3. The third kappa shape index (κ3) is 5.58. The van der Waals surface area contributed by atoms with Crippen molar-refractivity contribution in [2.45, 2.75) is 32.1 Å². The topological polar surface area (TPSA) is 81.9 Å². The molecule has 1 amide bonds. The molecule has 0 saturated carbocycles. The van der Waals surface area contributed by atoms with Gasteiger partial charge in [0.1, 0.15) is 11.5 Å². The maximum Gasteiger partial charge on any atom is 0.267 e. The zero-order valence-electron chi connectivity index (χ0n) is 20.2. The molecule has 5 rings (SSSR count). The average molecular weight is 482 g/mol. The van der Waals surface area contributed by atoms with Crippen molar-refractivity contribution >= 4 is 34.8 Å². The van der Waals surface area contributed by atoms with E-state index < -0.39 is 5.91 Å². The Bertz CT molecular complexity index is 1340. The molecule has 7 nitrogen and oxygen atoms in total. The van der Waals surface area contributed by atoms with Gasteiger partial charge in [0.25, 0.3) is 5.91 Å². The van der Waals surface area contributed by atoms with Crippen LogP contribution in [0.15, 0.2) is 79.0 Å². The van der Waals surface area contributed by atoms with Gasteiger partial charge in [-0.25, -0.2) is 10.5 Å². The fraction of sp³-hybridized carbons (Fsp3) is 0.241. The molecule has 4 aromatic rings. The quantitative estimate of drug-likeness (QED) is 0.179. The molecule has 2 aromatic heterocycles. The number of carbonyl (C=O) groups is 1. The van der Waals surface area contributed by atoms with Crippen molar-refractivity contribution in [3.8, 4) is 0 Å². The van der Waals surface area contributed by atoms with Crippen LogP contribution >= 0.6 is 0 Å². The molecular weight excluding hydrogens is 450 g/mol. The lowest BCUT2D eigenvalue weighted by atomic mass is 10.1. The van der Waals surface area contributed by atoms with Crippen LogP contribution in [0.4, 0.5) is 17.2 Å². The molecule has 0 atom stereocenters. The van der Waals surface area contributed by atoms with Gasteiger partial charge in [-0.05, 0) is 85.7 Å². The number of benzene rings is 2. The first kappa shape index (κ1) is 23.6. The number of fused-ring (bicyclic) bond motifs is 1. The molecule has 0 spiro atoms. The second kappa shape index (κ2) is 11.1. The summed E-state index contributed by atoms with van der Waals surface area (Å²) in [4.78, 5) is 18.8. The van der Waals surface area contributed by atoms with Crippen molar-refractivity contribution < 1.29 is 10.0 Å². The van der Waals surface area contributed by atoms with Crippen LogP contribution in [0.25, 0.3) is 11.7 Å². The predicted molar refractivity (Wildman–Crippen MR) is 144 cm³/mol. The Morgan fingerprint density at radius 1 is 0.944 bits per heavy atom. The number of nitrogens with one attached hydrogen (secondary N) is 2. The van der Waals surface area contributed by atoms with Crippen LogP contribution in [0.5, 0.6) is 0 Å². The molecule has 1 fully saturated rings. The van der Waals surface area contributed by atoms with Crippen LogP contribution in [0.2, 0.25) is 0 Å². The van der Waals surface area contributed by atoms with E-state index in [-0.39, 0.29) is 0 Å². The van der Waals surface area contributed by atoms with Crippen molar-refractivity contribution in [3.05, 3.63) is 95.8 Å². The van der Waals surface area contributed by atoms with Gasteiger partial charge < -0.3 is 10.2 Å². The first-order valence-electron chi connectivity index (χ1n) is 12.5. The molecule has 1 aliphatic heterocycles. The van der Waals surface area contributed by atoms with E-state index in [9.17, 15) is 4.79 Å². The summed E-state index contributed by atoms with van der Waals surface area (Å²) in [7, 11) is 0. The number of hydrogen-bond donors (Lipinski definition) is 3. The van der Waals surface area contributed by atoms with Crippen LogP contribution in [0.3, 0.4) is 0 Å². The van der Waals surface area contributed by atoms with E-state index in [0.717, 1.165) is 54.3 Å². The molecule has 0 bridgehead atoms. The second-order valence-electron chi connectivity index (χ2n) is 9.11. The fourth-order valence-electron chi connectivity index (χ4n) is 4.68. The highest BCUT2D eigenvalue weighted by Gasteiger charge is 2.15. The van der Waals surface area contributed by atoms with E-state index in [0.29, 0.717) is 0 Å². The molecule has 7 heteroatoms. The first-order valence-corrected chi connectivity index (χ1v) is 12.5. The zero-order valence-corrected chi connectivity index (χ0v) is 20.2. The molecule has 36 heavy (non-hydrogen) atoms. The number of amides is 1. The van der Waals surface area contributed by atoms with Crippen LogP contribution in [0.1, 0.15) is 36.1 Å². The van der Waals surface area contributed by atoms with Crippen molar-refractivity contribution in [1.29, 1.82) is 0 Å². The van der Waals surface area contributed by atoms with Crippen molar-refractivity contribution in [2.75, 3.05) is 23.3 Å². The van der Waals surface area contributed by atoms with Crippen LogP contribution in [-0.4, -0.2) is 33.6 Å². The zero-order chi connectivity index (χ0) is 24.7. The molecule has 0 aliphatic carbocycles. The number of piperidine rings is 1. The van der Waals surface area contributed by atoms with E-state index in [1.807, 2.05) is 28.8 Å². The molecular formula is C29H31N5O2.